The number of carbonyl (C=O) groups excluding carboxylic acids is 1. The molecule has 4 heteroatoms. The molecule has 2 N–H and O–H groups in total. The van der Waals surface area contributed by atoms with Crippen molar-refractivity contribution in [1.82, 2.24) is 10.3 Å². The van der Waals surface area contributed by atoms with Crippen LogP contribution in [0.1, 0.15) is 40.4 Å². The van der Waals surface area contributed by atoms with Gasteiger partial charge in [-0.25, -0.2) is 4.79 Å². The maximum Gasteiger partial charge on any atom is 0.360 e. The van der Waals surface area contributed by atoms with Crippen molar-refractivity contribution in [3.8, 4) is 5.75 Å². The summed E-state index contributed by atoms with van der Waals surface area (Å²) in [6.45, 7) is 3.98. The minimum absolute atomic E-state index is 0.306. The molecule has 2 aromatic rings. The van der Waals surface area contributed by atoms with Crippen molar-refractivity contribution in [3.63, 3.8) is 0 Å². The number of esters is 1. The lowest BCUT2D eigenvalue weighted by Gasteiger charge is -2.22. The third kappa shape index (κ3) is 3.16. The number of rotatable bonds is 3. The molecule has 1 saturated heterocycles. The summed E-state index contributed by atoms with van der Waals surface area (Å²) in [6, 6.07) is 9.54. The minimum Gasteiger partial charge on any atom is -0.422 e. The van der Waals surface area contributed by atoms with E-state index in [0.717, 1.165) is 37.1 Å². The summed E-state index contributed by atoms with van der Waals surface area (Å²) in [4.78, 5) is 15.4. The van der Waals surface area contributed by atoms with E-state index in [9.17, 15) is 4.79 Å². The molecular weight excluding hydrogens is 264 g/mol. The molecule has 0 spiro atoms. The number of aryl methyl sites for hydroxylation is 1. The largest absolute Gasteiger partial charge is 0.422 e. The molecule has 0 aliphatic carbocycles. The molecule has 2 heterocycles. The highest BCUT2D eigenvalue weighted by Gasteiger charge is 2.23. The quantitative estimate of drug-likeness (QED) is 0.673. The molecule has 21 heavy (non-hydrogen) atoms. The third-order valence-electron chi connectivity index (χ3n) is 3.96. The predicted octanol–water partition coefficient (Wildman–Crippen LogP) is 3.01. The average Bonchev–Trinajstić information content (AvgIpc) is 2.98. The first-order valence-electron chi connectivity index (χ1n) is 7.41. The average molecular weight is 284 g/mol. The smallest absolute Gasteiger partial charge is 0.360 e. The van der Waals surface area contributed by atoms with E-state index < -0.39 is 0 Å². The van der Waals surface area contributed by atoms with Crippen LogP contribution in [0, 0.1) is 6.92 Å². The van der Waals surface area contributed by atoms with E-state index in [1.807, 2.05) is 37.4 Å². The van der Waals surface area contributed by atoms with Crippen LogP contribution in [0.3, 0.4) is 0 Å². The highest BCUT2D eigenvalue weighted by molar-refractivity contribution is 5.91. The van der Waals surface area contributed by atoms with E-state index in [1.165, 1.54) is 0 Å². The maximum atomic E-state index is 12.4. The monoisotopic (exact) mass is 284 g/mol. The van der Waals surface area contributed by atoms with Crippen molar-refractivity contribution >= 4 is 5.97 Å². The van der Waals surface area contributed by atoms with Crippen molar-refractivity contribution in [2.24, 2.45) is 0 Å². The molecule has 1 fully saturated rings. The molecule has 0 bridgehead atoms. The first-order valence-corrected chi connectivity index (χ1v) is 7.41. The fraction of sp³-hybridized carbons (Fsp3) is 0.353. The first kappa shape index (κ1) is 13.9. The molecule has 4 nitrogen and oxygen atoms in total. The number of aromatic amines is 1. The van der Waals surface area contributed by atoms with Crippen LogP contribution in [0.5, 0.6) is 5.75 Å². The van der Waals surface area contributed by atoms with Crippen LogP contribution in [0.15, 0.2) is 36.5 Å². The van der Waals surface area contributed by atoms with Gasteiger partial charge in [0.05, 0.1) is 0 Å². The summed E-state index contributed by atoms with van der Waals surface area (Å²) in [5.41, 5.74) is 2.74. The lowest BCUT2D eigenvalue weighted by Crippen LogP contribution is -2.27. The molecule has 0 radical (unpaired) electrons. The number of hydrogen-bond acceptors (Lipinski definition) is 3. The van der Waals surface area contributed by atoms with Gasteiger partial charge < -0.3 is 15.0 Å². The fourth-order valence-corrected chi connectivity index (χ4v) is 2.87. The van der Waals surface area contributed by atoms with Crippen LogP contribution in [0.25, 0.3) is 0 Å². The zero-order chi connectivity index (χ0) is 14.7. The van der Waals surface area contributed by atoms with Gasteiger partial charge in [-0.3, -0.25) is 0 Å². The lowest BCUT2D eigenvalue weighted by molar-refractivity contribution is 0.0727. The number of hydrogen-bond donors (Lipinski definition) is 2. The van der Waals surface area contributed by atoms with E-state index >= 15 is 0 Å². The van der Waals surface area contributed by atoms with Gasteiger partial charge in [-0.1, -0.05) is 12.1 Å². The normalized spacial score (nSPS) is 15.9. The fourth-order valence-electron chi connectivity index (χ4n) is 2.87. The summed E-state index contributed by atoms with van der Waals surface area (Å²) in [6.07, 6.45) is 3.94. The van der Waals surface area contributed by atoms with E-state index in [1.54, 1.807) is 6.07 Å². The summed E-state index contributed by atoms with van der Waals surface area (Å²) in [7, 11) is 0. The number of piperidine rings is 1. The lowest BCUT2D eigenvalue weighted by atomic mass is 9.90. The zero-order valence-corrected chi connectivity index (χ0v) is 12.2. The Bertz CT molecular complexity index is 627. The predicted molar refractivity (Wildman–Crippen MR) is 81.8 cm³/mol. The number of H-pyrrole nitrogens is 1. The molecule has 0 amide bonds. The molecule has 1 aliphatic rings. The molecule has 110 valence electrons. The number of nitrogens with one attached hydrogen (secondary N) is 2. The highest BCUT2D eigenvalue weighted by Crippen LogP contribution is 2.28. The maximum absolute atomic E-state index is 12.4. The van der Waals surface area contributed by atoms with Crippen molar-refractivity contribution in [2.45, 2.75) is 25.7 Å². The number of carbonyl (C=O) groups is 1. The van der Waals surface area contributed by atoms with Gasteiger partial charge in [0, 0.05) is 6.20 Å². The van der Waals surface area contributed by atoms with Gasteiger partial charge in [-0.2, -0.15) is 0 Å². The van der Waals surface area contributed by atoms with Crippen LogP contribution in [0.4, 0.5) is 0 Å². The van der Waals surface area contributed by atoms with Gasteiger partial charge in [0.1, 0.15) is 11.4 Å². The van der Waals surface area contributed by atoms with Crippen LogP contribution in [-0.4, -0.2) is 24.0 Å². The molecule has 1 aliphatic heterocycles. The number of ether oxygens (including phenoxy) is 1. The van der Waals surface area contributed by atoms with Gasteiger partial charge in [-0.15, -0.1) is 0 Å². The highest BCUT2D eigenvalue weighted by atomic mass is 16.5. The summed E-state index contributed by atoms with van der Waals surface area (Å²) in [5.74, 6) is 0.711. The summed E-state index contributed by atoms with van der Waals surface area (Å²) < 4.78 is 5.49. The summed E-state index contributed by atoms with van der Waals surface area (Å²) in [5, 5.41) is 3.35. The molecule has 3 rings (SSSR count). The number of aromatic nitrogens is 1. The molecule has 0 unspecified atom stereocenters. The van der Waals surface area contributed by atoms with Gasteiger partial charge in [0.15, 0.2) is 0 Å². The molecule has 1 aromatic heterocycles. The van der Waals surface area contributed by atoms with E-state index in [0.29, 0.717) is 17.4 Å². The van der Waals surface area contributed by atoms with E-state index in [4.69, 9.17) is 4.74 Å². The first-order chi connectivity index (χ1) is 10.2. The van der Waals surface area contributed by atoms with Crippen LogP contribution in [0.2, 0.25) is 0 Å². The molecule has 1 aromatic carbocycles. The number of benzene rings is 1. The Kier molecular flexibility index (Phi) is 4.06. The van der Waals surface area contributed by atoms with Crippen molar-refractivity contribution < 1.29 is 9.53 Å². The van der Waals surface area contributed by atoms with Gasteiger partial charge in [0.2, 0.25) is 0 Å². The topological polar surface area (TPSA) is 54.1 Å². The Balaban J connectivity index is 1.77. The Hall–Kier alpha value is -2.07. The molecule has 0 saturated carbocycles. The Labute approximate surface area is 124 Å². The van der Waals surface area contributed by atoms with Crippen LogP contribution in [-0.2, 0) is 0 Å². The Morgan fingerprint density at radius 2 is 2.05 bits per heavy atom. The van der Waals surface area contributed by atoms with Gasteiger partial charge in [0.25, 0.3) is 0 Å². The van der Waals surface area contributed by atoms with Gasteiger partial charge >= 0.3 is 5.97 Å². The van der Waals surface area contributed by atoms with Gasteiger partial charge in [-0.05, 0) is 68.1 Å². The minimum atomic E-state index is -0.306. The zero-order valence-electron chi connectivity index (χ0n) is 12.2. The second kappa shape index (κ2) is 6.14. The van der Waals surface area contributed by atoms with Crippen molar-refractivity contribution in [3.05, 3.63) is 53.3 Å². The van der Waals surface area contributed by atoms with Crippen molar-refractivity contribution in [2.75, 3.05) is 13.1 Å². The van der Waals surface area contributed by atoms with Crippen molar-refractivity contribution in [1.29, 1.82) is 0 Å². The molecule has 0 atom stereocenters. The Morgan fingerprint density at radius 3 is 2.81 bits per heavy atom. The van der Waals surface area contributed by atoms with E-state index in [2.05, 4.69) is 10.3 Å². The van der Waals surface area contributed by atoms with Crippen LogP contribution >= 0.6 is 0 Å². The second-order valence-corrected chi connectivity index (χ2v) is 5.54. The SMILES string of the molecule is Cc1cccc(OC(=O)c2[nH]ccc2C2CCNCC2)c1. The second-order valence-electron chi connectivity index (χ2n) is 5.54. The molecular formula is C17H20N2O2. The summed E-state index contributed by atoms with van der Waals surface area (Å²) >= 11 is 0. The third-order valence-corrected chi connectivity index (χ3v) is 3.96. The van der Waals surface area contributed by atoms with Crippen LogP contribution < -0.4 is 10.1 Å². The van der Waals surface area contributed by atoms with E-state index in [-0.39, 0.29) is 5.97 Å². The standard InChI is InChI=1S/C17H20N2O2/c1-12-3-2-4-14(11-12)21-17(20)16-15(7-10-19-16)13-5-8-18-9-6-13/h2-4,7,10-11,13,18-19H,5-6,8-9H2,1H3. The Morgan fingerprint density at radius 1 is 1.24 bits per heavy atom.